The summed E-state index contributed by atoms with van der Waals surface area (Å²) >= 11 is 0. The number of nitrogens with one attached hydrogen (secondary N) is 1. The summed E-state index contributed by atoms with van der Waals surface area (Å²) in [7, 11) is 0. The first kappa shape index (κ1) is 15.0. The van der Waals surface area contributed by atoms with Gasteiger partial charge in [-0.2, -0.15) is 0 Å². The highest BCUT2D eigenvalue weighted by molar-refractivity contribution is 5.80. The topological polar surface area (TPSA) is 69.6 Å². The molecule has 0 aliphatic rings. The number of hydrogen-bond donors (Lipinski definition) is 2. The maximum Gasteiger partial charge on any atom is 0.323 e. The molecule has 2 amide bonds. The number of aliphatic carboxylic acids is 1. The number of nitrogens with zero attached hydrogens (tertiary/aromatic N) is 1. The smallest absolute Gasteiger partial charge is 0.323 e. The molecule has 0 heterocycles. The Balaban J connectivity index is 2.63. The number of urea groups is 1. The number of carboxylic acids is 1. The van der Waals surface area contributed by atoms with Crippen LogP contribution in [0.3, 0.4) is 0 Å². The van der Waals surface area contributed by atoms with Gasteiger partial charge < -0.3 is 15.3 Å². The molecule has 0 saturated heterocycles. The molecule has 2 N–H and O–H groups in total. The van der Waals surface area contributed by atoms with Gasteiger partial charge in [-0.3, -0.25) is 4.79 Å². The molecule has 0 spiro atoms. The van der Waals surface area contributed by atoms with Crippen molar-refractivity contribution in [2.75, 3.05) is 6.54 Å². The number of carbonyl (C=O) groups is 2. The second kappa shape index (κ2) is 6.78. The zero-order valence-electron chi connectivity index (χ0n) is 11.5. The van der Waals surface area contributed by atoms with Crippen LogP contribution in [0.15, 0.2) is 24.3 Å². The van der Waals surface area contributed by atoms with Crippen molar-refractivity contribution in [1.29, 1.82) is 0 Å². The highest BCUT2D eigenvalue weighted by Crippen LogP contribution is 2.07. The van der Waals surface area contributed by atoms with Gasteiger partial charge in [0.05, 0.1) is 0 Å². The Morgan fingerprint density at radius 2 is 1.95 bits per heavy atom. The third kappa shape index (κ3) is 4.62. The van der Waals surface area contributed by atoms with Crippen molar-refractivity contribution in [2.24, 2.45) is 0 Å². The fourth-order valence-electron chi connectivity index (χ4n) is 1.72. The van der Waals surface area contributed by atoms with E-state index in [1.54, 1.807) is 13.8 Å². The molecule has 19 heavy (non-hydrogen) atoms. The zero-order chi connectivity index (χ0) is 14.4. The number of carbonyl (C=O) groups excluding carboxylic acids is 1. The van der Waals surface area contributed by atoms with Crippen LogP contribution in [0.4, 0.5) is 4.79 Å². The van der Waals surface area contributed by atoms with Crippen LogP contribution in [0, 0.1) is 6.92 Å². The predicted octanol–water partition coefficient (Wildman–Crippen LogP) is 2.00. The normalized spacial score (nSPS) is 10.3. The van der Waals surface area contributed by atoms with Crippen LogP contribution in [0.1, 0.15) is 25.0 Å². The molecule has 0 saturated carbocycles. The quantitative estimate of drug-likeness (QED) is 0.854. The molecule has 1 rings (SSSR count). The number of hydrogen-bond acceptors (Lipinski definition) is 2. The molecule has 5 nitrogen and oxygen atoms in total. The van der Waals surface area contributed by atoms with Crippen molar-refractivity contribution in [3.63, 3.8) is 0 Å². The van der Waals surface area contributed by atoms with Crippen molar-refractivity contribution in [3.8, 4) is 0 Å². The van der Waals surface area contributed by atoms with Crippen LogP contribution in [0.25, 0.3) is 0 Å². The van der Waals surface area contributed by atoms with Gasteiger partial charge in [0.2, 0.25) is 0 Å². The van der Waals surface area contributed by atoms with Gasteiger partial charge in [-0.05, 0) is 31.9 Å². The first-order valence-corrected chi connectivity index (χ1v) is 6.22. The highest BCUT2D eigenvalue weighted by Gasteiger charge is 2.19. The van der Waals surface area contributed by atoms with E-state index in [1.165, 1.54) is 4.90 Å². The summed E-state index contributed by atoms with van der Waals surface area (Å²) in [5.41, 5.74) is 2.12. The standard InChI is InChI=1S/C14H20N2O3/c1-10(2)16(9-13(17)18)14(19)15-8-12-7-5-4-6-11(12)3/h4-7,10H,8-9H2,1-3H3,(H,15,19)(H,17,18). The van der Waals surface area contributed by atoms with E-state index in [0.717, 1.165) is 11.1 Å². The van der Waals surface area contributed by atoms with E-state index >= 15 is 0 Å². The lowest BCUT2D eigenvalue weighted by Crippen LogP contribution is -2.46. The summed E-state index contributed by atoms with van der Waals surface area (Å²) in [5, 5.41) is 11.5. The van der Waals surface area contributed by atoms with Gasteiger partial charge in [0.25, 0.3) is 0 Å². The molecule has 0 atom stereocenters. The Morgan fingerprint density at radius 3 is 2.47 bits per heavy atom. The van der Waals surface area contributed by atoms with Gasteiger partial charge >= 0.3 is 12.0 Å². The van der Waals surface area contributed by atoms with Crippen LogP contribution in [0.2, 0.25) is 0 Å². The number of rotatable bonds is 5. The zero-order valence-corrected chi connectivity index (χ0v) is 11.5. The van der Waals surface area contributed by atoms with Crippen LogP contribution in [0.5, 0.6) is 0 Å². The minimum Gasteiger partial charge on any atom is -0.480 e. The Morgan fingerprint density at radius 1 is 1.32 bits per heavy atom. The largest absolute Gasteiger partial charge is 0.480 e. The summed E-state index contributed by atoms with van der Waals surface area (Å²) < 4.78 is 0. The molecule has 0 aliphatic heterocycles. The molecule has 1 aromatic carbocycles. The molecule has 0 aliphatic carbocycles. The Kier molecular flexibility index (Phi) is 5.36. The van der Waals surface area contributed by atoms with E-state index in [9.17, 15) is 9.59 Å². The van der Waals surface area contributed by atoms with Gasteiger partial charge in [-0.1, -0.05) is 24.3 Å². The van der Waals surface area contributed by atoms with Gasteiger partial charge in [0, 0.05) is 12.6 Å². The van der Waals surface area contributed by atoms with E-state index in [-0.39, 0.29) is 18.6 Å². The highest BCUT2D eigenvalue weighted by atomic mass is 16.4. The summed E-state index contributed by atoms with van der Waals surface area (Å²) in [6.45, 7) is 5.65. The third-order valence-corrected chi connectivity index (χ3v) is 2.88. The molecule has 0 aromatic heterocycles. The molecule has 0 fully saturated rings. The first-order chi connectivity index (χ1) is 8.91. The third-order valence-electron chi connectivity index (χ3n) is 2.88. The van der Waals surface area contributed by atoms with Crippen LogP contribution in [-0.2, 0) is 11.3 Å². The summed E-state index contributed by atoms with van der Waals surface area (Å²) in [4.78, 5) is 24.0. The van der Waals surface area contributed by atoms with Gasteiger partial charge in [-0.25, -0.2) is 4.79 Å². The molecule has 0 radical (unpaired) electrons. The maximum atomic E-state index is 12.0. The molecule has 0 bridgehead atoms. The lowest BCUT2D eigenvalue weighted by Gasteiger charge is -2.25. The second-order valence-electron chi connectivity index (χ2n) is 4.70. The van der Waals surface area contributed by atoms with Gasteiger partial charge in [-0.15, -0.1) is 0 Å². The van der Waals surface area contributed by atoms with Crippen LogP contribution >= 0.6 is 0 Å². The molecule has 1 aromatic rings. The van der Waals surface area contributed by atoms with Crippen molar-refractivity contribution in [1.82, 2.24) is 10.2 Å². The number of carboxylic acid groups (broad SMARTS) is 1. The van der Waals surface area contributed by atoms with Crippen molar-refractivity contribution in [3.05, 3.63) is 35.4 Å². The minimum absolute atomic E-state index is 0.159. The lowest BCUT2D eigenvalue weighted by atomic mass is 10.1. The average molecular weight is 264 g/mol. The molecule has 5 heteroatoms. The average Bonchev–Trinajstić information content (AvgIpc) is 2.34. The monoisotopic (exact) mass is 264 g/mol. The molecular weight excluding hydrogens is 244 g/mol. The SMILES string of the molecule is Cc1ccccc1CNC(=O)N(CC(=O)O)C(C)C. The van der Waals surface area contributed by atoms with Crippen LogP contribution < -0.4 is 5.32 Å². The fraction of sp³-hybridized carbons (Fsp3) is 0.429. The second-order valence-corrected chi connectivity index (χ2v) is 4.70. The van der Waals surface area contributed by atoms with Gasteiger partial charge in [0.1, 0.15) is 6.54 Å². The summed E-state index contributed by atoms with van der Waals surface area (Å²) in [6, 6.07) is 7.23. The predicted molar refractivity (Wildman–Crippen MR) is 72.9 cm³/mol. The van der Waals surface area contributed by atoms with E-state index in [1.807, 2.05) is 31.2 Å². The number of benzene rings is 1. The van der Waals surface area contributed by atoms with Crippen molar-refractivity contribution >= 4 is 12.0 Å². The molecule has 104 valence electrons. The van der Waals surface area contributed by atoms with Gasteiger partial charge in [0.15, 0.2) is 0 Å². The van der Waals surface area contributed by atoms with E-state index in [4.69, 9.17) is 5.11 Å². The lowest BCUT2D eigenvalue weighted by molar-refractivity contribution is -0.138. The maximum absolute atomic E-state index is 12.0. The van der Waals surface area contributed by atoms with Crippen molar-refractivity contribution in [2.45, 2.75) is 33.4 Å². The number of amides is 2. The van der Waals surface area contributed by atoms with Crippen molar-refractivity contribution < 1.29 is 14.7 Å². The summed E-state index contributed by atoms with van der Waals surface area (Å²) in [5.74, 6) is -1.01. The van der Waals surface area contributed by atoms with E-state index < -0.39 is 5.97 Å². The van der Waals surface area contributed by atoms with E-state index in [2.05, 4.69) is 5.32 Å². The molecular formula is C14H20N2O3. The van der Waals surface area contributed by atoms with Crippen LogP contribution in [-0.4, -0.2) is 34.6 Å². The molecule has 0 unspecified atom stereocenters. The summed E-state index contributed by atoms with van der Waals surface area (Å²) in [6.07, 6.45) is 0. The Labute approximate surface area is 113 Å². The fourth-order valence-corrected chi connectivity index (χ4v) is 1.72. The number of aryl methyl sites for hydroxylation is 1. The first-order valence-electron chi connectivity index (χ1n) is 6.22. The Bertz CT molecular complexity index is 458. The Hall–Kier alpha value is -2.04. The minimum atomic E-state index is -1.01. The van der Waals surface area contributed by atoms with E-state index in [0.29, 0.717) is 6.54 Å².